The van der Waals surface area contributed by atoms with Crippen LogP contribution in [0.1, 0.15) is 38.2 Å². The maximum atomic E-state index is 12.4. The summed E-state index contributed by atoms with van der Waals surface area (Å²) in [5.74, 6) is 0.778. The van der Waals surface area contributed by atoms with Crippen molar-refractivity contribution in [2.45, 2.75) is 39.2 Å². The molecule has 1 fully saturated rings. The number of aryl methyl sites for hydroxylation is 1. The molecule has 1 N–H and O–H groups in total. The van der Waals surface area contributed by atoms with Gasteiger partial charge in [-0.3, -0.25) is 9.59 Å². The number of nitrogens with zero attached hydrogens (tertiary/aromatic N) is 4. The number of carbonyl (C=O) groups is 1. The molecule has 3 heterocycles. The van der Waals surface area contributed by atoms with Crippen LogP contribution < -0.4 is 5.56 Å². The number of rotatable bonds is 1. The van der Waals surface area contributed by atoms with Gasteiger partial charge in [0, 0.05) is 13.1 Å². The first-order valence-corrected chi connectivity index (χ1v) is 7.44. The summed E-state index contributed by atoms with van der Waals surface area (Å²) in [5.41, 5.74) is 0.888. The van der Waals surface area contributed by atoms with Crippen LogP contribution in [0.4, 0.5) is 4.79 Å². The molecule has 1 aliphatic heterocycles. The fraction of sp³-hybridized carbons (Fsp3) is 0.571. The van der Waals surface area contributed by atoms with Crippen LogP contribution in [0.25, 0.3) is 11.0 Å². The van der Waals surface area contributed by atoms with E-state index in [-0.39, 0.29) is 22.8 Å². The van der Waals surface area contributed by atoms with Crippen LogP contribution in [0.15, 0.2) is 4.79 Å². The Hall–Kier alpha value is -2.12. The molecular formula is C14H20BN5O2. The standard InChI is InChI=1S/C14H20BN5O2/c1-7-9-11(20(18-7)14(2,3)4)16-10(17-12(9)21)8-5-19(6-8)13(15)22/h8H,5-6,15H2,1-4H3,(H,16,17,21). The van der Waals surface area contributed by atoms with Gasteiger partial charge in [0.2, 0.25) is 7.85 Å². The third kappa shape index (κ3) is 2.22. The molecular weight excluding hydrogens is 281 g/mol. The van der Waals surface area contributed by atoms with Gasteiger partial charge in [-0.25, -0.2) is 9.67 Å². The Kier molecular flexibility index (Phi) is 3.16. The molecule has 1 aliphatic rings. The molecule has 7 nitrogen and oxygen atoms in total. The van der Waals surface area contributed by atoms with Crippen molar-refractivity contribution < 1.29 is 4.79 Å². The first-order valence-electron chi connectivity index (χ1n) is 7.44. The topological polar surface area (TPSA) is 83.9 Å². The van der Waals surface area contributed by atoms with Gasteiger partial charge in [-0.05, 0) is 27.7 Å². The number of likely N-dealkylation sites (tertiary alicyclic amines) is 1. The van der Waals surface area contributed by atoms with Crippen molar-refractivity contribution >= 4 is 24.7 Å². The van der Waals surface area contributed by atoms with Gasteiger partial charge in [-0.2, -0.15) is 5.10 Å². The molecule has 0 saturated carbocycles. The number of aromatic nitrogens is 4. The van der Waals surface area contributed by atoms with Crippen LogP contribution in [0.3, 0.4) is 0 Å². The Morgan fingerprint density at radius 3 is 2.55 bits per heavy atom. The van der Waals surface area contributed by atoms with E-state index in [0.717, 1.165) is 0 Å². The van der Waals surface area contributed by atoms with Crippen LogP contribution in [-0.2, 0) is 5.54 Å². The van der Waals surface area contributed by atoms with Crippen molar-refractivity contribution in [1.82, 2.24) is 24.6 Å². The second-order valence-corrected chi connectivity index (χ2v) is 6.94. The molecule has 1 amide bonds. The first kappa shape index (κ1) is 14.8. The smallest absolute Gasteiger partial charge is 0.262 e. The van der Waals surface area contributed by atoms with Crippen LogP contribution in [0.2, 0.25) is 0 Å². The molecule has 2 aromatic heterocycles. The Labute approximate surface area is 129 Å². The third-order valence-corrected chi connectivity index (χ3v) is 4.08. The predicted octanol–water partition coefficient (Wildman–Crippen LogP) is 0.335. The van der Waals surface area contributed by atoms with Gasteiger partial charge in [0.1, 0.15) is 11.2 Å². The van der Waals surface area contributed by atoms with Crippen molar-refractivity contribution in [3.8, 4) is 0 Å². The summed E-state index contributed by atoms with van der Waals surface area (Å²) in [6, 6.07) is 0. The van der Waals surface area contributed by atoms with E-state index in [0.29, 0.717) is 35.6 Å². The first-order chi connectivity index (χ1) is 10.2. The molecule has 0 spiro atoms. The largest absolute Gasteiger partial charge is 0.350 e. The summed E-state index contributed by atoms with van der Waals surface area (Å²) in [6.07, 6.45) is 0. The Morgan fingerprint density at radius 2 is 2.00 bits per heavy atom. The molecule has 0 atom stereocenters. The lowest BCUT2D eigenvalue weighted by Crippen LogP contribution is -2.49. The Balaban J connectivity index is 2.08. The van der Waals surface area contributed by atoms with E-state index in [1.54, 1.807) is 17.4 Å². The van der Waals surface area contributed by atoms with Crippen molar-refractivity contribution in [1.29, 1.82) is 0 Å². The highest BCUT2D eigenvalue weighted by molar-refractivity contribution is 6.57. The second kappa shape index (κ2) is 4.69. The number of fused-ring (bicyclic) bond motifs is 1. The molecule has 1 saturated heterocycles. The van der Waals surface area contributed by atoms with Gasteiger partial charge in [0.05, 0.1) is 17.2 Å². The van der Waals surface area contributed by atoms with Gasteiger partial charge in [-0.1, -0.05) is 0 Å². The van der Waals surface area contributed by atoms with Crippen molar-refractivity contribution in [2.24, 2.45) is 0 Å². The Bertz CT molecular complexity index is 811. The van der Waals surface area contributed by atoms with E-state index in [1.807, 2.05) is 27.7 Å². The van der Waals surface area contributed by atoms with Gasteiger partial charge in [-0.15, -0.1) is 0 Å². The van der Waals surface area contributed by atoms with E-state index in [9.17, 15) is 9.59 Å². The number of nitrogens with one attached hydrogen (secondary N) is 1. The van der Waals surface area contributed by atoms with Crippen molar-refractivity contribution in [3.63, 3.8) is 0 Å². The average Bonchev–Trinajstić information content (AvgIpc) is 2.64. The van der Waals surface area contributed by atoms with E-state index in [2.05, 4.69) is 15.1 Å². The van der Waals surface area contributed by atoms with Crippen molar-refractivity contribution in [2.75, 3.05) is 13.1 Å². The van der Waals surface area contributed by atoms with Crippen LogP contribution >= 0.6 is 0 Å². The zero-order valence-electron chi connectivity index (χ0n) is 13.6. The second-order valence-electron chi connectivity index (χ2n) is 6.94. The van der Waals surface area contributed by atoms with Crippen LogP contribution in [-0.4, -0.2) is 51.4 Å². The highest BCUT2D eigenvalue weighted by atomic mass is 16.2. The molecule has 0 unspecified atom stereocenters. The summed E-state index contributed by atoms with van der Waals surface area (Å²) >= 11 is 0. The normalized spacial score (nSPS) is 16.1. The van der Waals surface area contributed by atoms with Gasteiger partial charge in [0.25, 0.3) is 5.56 Å². The van der Waals surface area contributed by atoms with E-state index in [4.69, 9.17) is 0 Å². The monoisotopic (exact) mass is 301 g/mol. The summed E-state index contributed by atoms with van der Waals surface area (Å²) in [5, 5.41) is 5.02. The van der Waals surface area contributed by atoms with Gasteiger partial charge in [0.15, 0.2) is 11.5 Å². The lowest BCUT2D eigenvalue weighted by Gasteiger charge is -2.38. The quantitative estimate of drug-likeness (QED) is 0.770. The number of H-pyrrole nitrogens is 1. The molecule has 116 valence electrons. The number of hydrogen-bond donors (Lipinski definition) is 1. The minimum absolute atomic E-state index is 0.0512. The van der Waals surface area contributed by atoms with Crippen LogP contribution in [0, 0.1) is 6.92 Å². The summed E-state index contributed by atoms with van der Waals surface area (Å²) < 4.78 is 1.80. The predicted molar refractivity (Wildman–Crippen MR) is 86.1 cm³/mol. The van der Waals surface area contributed by atoms with E-state index < -0.39 is 0 Å². The number of hydrogen-bond acceptors (Lipinski definition) is 4. The summed E-state index contributed by atoms with van der Waals surface area (Å²) in [7, 11) is 1.55. The summed E-state index contributed by atoms with van der Waals surface area (Å²) in [4.78, 5) is 32.9. The molecule has 2 aromatic rings. The molecule has 0 bridgehead atoms. The number of carbonyl (C=O) groups excluding carboxylic acids is 1. The molecule has 0 aliphatic carbocycles. The Morgan fingerprint density at radius 1 is 1.36 bits per heavy atom. The van der Waals surface area contributed by atoms with Gasteiger partial charge >= 0.3 is 0 Å². The van der Waals surface area contributed by atoms with E-state index in [1.165, 1.54) is 0 Å². The fourth-order valence-corrected chi connectivity index (χ4v) is 2.77. The SMILES string of the molecule is BC(=O)N1CC(c2nc3c(c(C)nn3C(C)(C)C)c(=O)[nH]2)C1. The fourth-order valence-electron chi connectivity index (χ4n) is 2.77. The van der Waals surface area contributed by atoms with Crippen molar-refractivity contribution in [3.05, 3.63) is 21.9 Å². The van der Waals surface area contributed by atoms with Crippen LogP contribution in [0.5, 0.6) is 0 Å². The zero-order chi connectivity index (χ0) is 16.2. The number of amides is 1. The zero-order valence-corrected chi connectivity index (χ0v) is 13.6. The molecule has 8 heteroatoms. The maximum absolute atomic E-state index is 12.4. The maximum Gasteiger partial charge on any atom is 0.262 e. The molecule has 0 radical (unpaired) electrons. The number of aromatic amines is 1. The third-order valence-electron chi connectivity index (χ3n) is 4.08. The van der Waals surface area contributed by atoms with Gasteiger partial charge < -0.3 is 9.88 Å². The summed E-state index contributed by atoms with van der Waals surface area (Å²) in [6.45, 7) is 9.12. The average molecular weight is 301 g/mol. The lowest BCUT2D eigenvalue weighted by atomic mass is 9.95. The highest BCUT2D eigenvalue weighted by Gasteiger charge is 2.32. The minimum atomic E-state index is -0.254. The highest BCUT2D eigenvalue weighted by Crippen LogP contribution is 2.26. The lowest BCUT2D eigenvalue weighted by molar-refractivity contribution is 0.170. The molecule has 3 rings (SSSR count). The molecule has 22 heavy (non-hydrogen) atoms. The molecule has 0 aromatic carbocycles. The van der Waals surface area contributed by atoms with E-state index >= 15 is 0 Å². The minimum Gasteiger partial charge on any atom is -0.350 e.